The molecule has 3 aromatic rings. The van der Waals surface area contributed by atoms with Gasteiger partial charge in [0.25, 0.3) is 5.91 Å². The summed E-state index contributed by atoms with van der Waals surface area (Å²) in [4.78, 5) is 15.1. The fraction of sp³-hybridized carbons (Fsp3) is 0.0455. The maximum atomic E-state index is 13.0. The first-order chi connectivity index (χ1) is 15.0. The number of hydrogen-bond acceptors (Lipinski definition) is 5. The fourth-order valence-corrected chi connectivity index (χ4v) is 4.17. The van der Waals surface area contributed by atoms with Crippen LogP contribution in [0.5, 0.6) is 0 Å². The Morgan fingerprint density at radius 2 is 1.84 bits per heavy atom. The van der Waals surface area contributed by atoms with Crippen molar-refractivity contribution in [3.63, 3.8) is 0 Å². The molecule has 156 valence electrons. The maximum Gasteiger partial charge on any atom is 0.267 e. The van der Waals surface area contributed by atoms with Crippen molar-refractivity contribution in [3.8, 4) is 0 Å². The molecule has 1 saturated heterocycles. The first kappa shape index (κ1) is 21.7. The second-order valence-electron chi connectivity index (χ2n) is 6.40. The van der Waals surface area contributed by atoms with Gasteiger partial charge >= 0.3 is 0 Å². The molecule has 0 unspecified atom stereocenters. The van der Waals surface area contributed by atoms with E-state index in [1.807, 2.05) is 12.1 Å². The van der Waals surface area contributed by atoms with Crippen molar-refractivity contribution in [2.24, 2.45) is 10.2 Å². The molecule has 0 N–H and O–H groups in total. The van der Waals surface area contributed by atoms with Crippen LogP contribution in [0.1, 0.15) is 16.9 Å². The molecule has 2 heterocycles. The number of amidine groups is 1. The molecule has 4 rings (SSSR count). The van der Waals surface area contributed by atoms with Crippen LogP contribution in [0.25, 0.3) is 6.08 Å². The number of rotatable bonds is 5. The Hall–Kier alpha value is -2.51. The van der Waals surface area contributed by atoms with Gasteiger partial charge in [0, 0.05) is 10.6 Å². The van der Waals surface area contributed by atoms with Crippen LogP contribution >= 0.6 is 46.6 Å². The minimum atomic E-state index is -0.189. The molecule has 0 bridgehead atoms. The number of carbonyl (C=O) groups is 1. The lowest BCUT2D eigenvalue weighted by molar-refractivity contribution is -0.122. The van der Waals surface area contributed by atoms with Crippen LogP contribution in [0, 0.1) is 0 Å². The molecule has 0 saturated carbocycles. The lowest BCUT2D eigenvalue weighted by atomic mass is 10.2. The molecule has 1 fully saturated rings. The number of nitrogens with zero attached hydrogens (tertiary/aromatic N) is 3. The smallest absolute Gasteiger partial charge is 0.267 e. The molecule has 0 spiro atoms. The Kier molecular flexibility index (Phi) is 6.83. The van der Waals surface area contributed by atoms with Crippen LogP contribution in [0.4, 0.5) is 0 Å². The minimum absolute atomic E-state index is 0.189. The van der Waals surface area contributed by atoms with Crippen LogP contribution in [0.2, 0.25) is 15.1 Å². The normalized spacial score (nSPS) is 16.9. The summed E-state index contributed by atoms with van der Waals surface area (Å²) in [5, 5.41) is 10.2. The van der Waals surface area contributed by atoms with E-state index in [0.29, 0.717) is 36.5 Å². The van der Waals surface area contributed by atoms with E-state index < -0.39 is 0 Å². The standard InChI is InChI=1S/C22H14Cl3N3O2S/c23-16-8-6-14(7-9-16)11-19-21(29)28(13-17-4-2-10-30-17)22(31-19)27-26-12-15-3-1-5-18(24)20(15)25/h1-12H,13H2/b19-11-,26-12-,27-22+. The van der Waals surface area contributed by atoms with Gasteiger partial charge in [-0.2, -0.15) is 5.10 Å². The monoisotopic (exact) mass is 489 g/mol. The zero-order chi connectivity index (χ0) is 21.8. The molecule has 2 aromatic carbocycles. The van der Waals surface area contributed by atoms with Crippen LogP contribution in [-0.4, -0.2) is 22.2 Å². The number of halogens is 3. The first-order valence-electron chi connectivity index (χ1n) is 9.05. The van der Waals surface area contributed by atoms with E-state index in [4.69, 9.17) is 39.2 Å². The lowest BCUT2D eigenvalue weighted by Gasteiger charge is -2.12. The number of hydrogen-bond donors (Lipinski definition) is 0. The van der Waals surface area contributed by atoms with Gasteiger partial charge < -0.3 is 4.42 Å². The van der Waals surface area contributed by atoms with Crippen molar-refractivity contribution < 1.29 is 9.21 Å². The number of carbonyl (C=O) groups excluding carboxylic acids is 1. The summed E-state index contributed by atoms with van der Waals surface area (Å²) < 4.78 is 5.40. The average Bonchev–Trinajstić information content (AvgIpc) is 3.37. The van der Waals surface area contributed by atoms with Gasteiger partial charge in [0.15, 0.2) is 5.17 Å². The van der Waals surface area contributed by atoms with Gasteiger partial charge in [-0.15, -0.1) is 5.10 Å². The second-order valence-corrected chi connectivity index (χ2v) is 8.63. The van der Waals surface area contributed by atoms with Crippen molar-refractivity contribution >= 4 is 69.9 Å². The third-order valence-corrected chi connectivity index (χ3v) is 6.35. The number of thioether (sulfide) groups is 1. The van der Waals surface area contributed by atoms with Gasteiger partial charge in [-0.25, -0.2) is 0 Å². The van der Waals surface area contributed by atoms with Gasteiger partial charge in [0.2, 0.25) is 0 Å². The topological polar surface area (TPSA) is 58.2 Å². The van der Waals surface area contributed by atoms with Crippen molar-refractivity contribution in [2.75, 3.05) is 0 Å². The number of furan rings is 1. The highest BCUT2D eigenvalue weighted by Crippen LogP contribution is 2.34. The van der Waals surface area contributed by atoms with Crippen LogP contribution in [-0.2, 0) is 11.3 Å². The summed E-state index contributed by atoms with van der Waals surface area (Å²) >= 11 is 19.4. The molecule has 0 aliphatic carbocycles. The van der Waals surface area contributed by atoms with E-state index in [1.54, 1.807) is 54.8 Å². The summed E-state index contributed by atoms with van der Waals surface area (Å²) in [6.45, 7) is 0.239. The predicted molar refractivity (Wildman–Crippen MR) is 128 cm³/mol. The molecule has 1 aliphatic heterocycles. The van der Waals surface area contributed by atoms with Gasteiger partial charge in [0.05, 0.1) is 34.0 Å². The van der Waals surface area contributed by atoms with E-state index in [9.17, 15) is 4.79 Å². The quantitative estimate of drug-likeness (QED) is 0.226. The molecule has 1 aliphatic rings. The molecule has 9 heteroatoms. The number of benzene rings is 2. The molecular formula is C22H14Cl3N3O2S. The molecule has 5 nitrogen and oxygen atoms in total. The Balaban J connectivity index is 1.63. The van der Waals surface area contributed by atoms with Crippen molar-refractivity contribution in [1.29, 1.82) is 0 Å². The van der Waals surface area contributed by atoms with Gasteiger partial charge in [-0.05, 0) is 53.7 Å². The largest absolute Gasteiger partial charge is 0.467 e. The van der Waals surface area contributed by atoms with E-state index in [-0.39, 0.29) is 12.5 Å². The van der Waals surface area contributed by atoms with Gasteiger partial charge in [-0.3, -0.25) is 9.69 Å². The van der Waals surface area contributed by atoms with E-state index in [0.717, 1.165) is 5.56 Å². The Morgan fingerprint density at radius 1 is 1.03 bits per heavy atom. The molecular weight excluding hydrogens is 477 g/mol. The molecule has 31 heavy (non-hydrogen) atoms. The van der Waals surface area contributed by atoms with Crippen LogP contribution in [0.3, 0.4) is 0 Å². The molecule has 1 aromatic heterocycles. The summed E-state index contributed by atoms with van der Waals surface area (Å²) in [7, 11) is 0. The summed E-state index contributed by atoms with van der Waals surface area (Å²) in [5.41, 5.74) is 1.48. The summed E-state index contributed by atoms with van der Waals surface area (Å²) in [6, 6.07) is 16.0. The maximum absolute atomic E-state index is 13.0. The second kappa shape index (κ2) is 9.75. The Bertz CT molecular complexity index is 1190. The Labute approximate surface area is 198 Å². The minimum Gasteiger partial charge on any atom is -0.467 e. The summed E-state index contributed by atoms with van der Waals surface area (Å²) in [5.74, 6) is 0.447. The van der Waals surface area contributed by atoms with Gasteiger partial charge in [0.1, 0.15) is 5.76 Å². The SMILES string of the molecule is O=C1/C(=C/c2ccc(Cl)cc2)S/C(=N/N=C\c2cccc(Cl)c2Cl)N1Cc1ccco1. The molecule has 0 radical (unpaired) electrons. The van der Waals surface area contributed by atoms with Crippen LogP contribution in [0.15, 0.2) is 80.4 Å². The molecule has 1 amide bonds. The third-order valence-electron chi connectivity index (χ3n) is 4.27. The highest BCUT2D eigenvalue weighted by molar-refractivity contribution is 8.18. The highest BCUT2D eigenvalue weighted by atomic mass is 35.5. The molecule has 0 atom stereocenters. The zero-order valence-corrected chi connectivity index (χ0v) is 18.9. The van der Waals surface area contributed by atoms with E-state index in [1.165, 1.54) is 22.9 Å². The Morgan fingerprint density at radius 3 is 2.58 bits per heavy atom. The lowest BCUT2D eigenvalue weighted by Crippen LogP contribution is -2.28. The van der Waals surface area contributed by atoms with E-state index in [2.05, 4.69) is 10.2 Å². The van der Waals surface area contributed by atoms with Crippen molar-refractivity contribution in [3.05, 3.63) is 97.7 Å². The number of amides is 1. The zero-order valence-electron chi connectivity index (χ0n) is 15.8. The average molecular weight is 491 g/mol. The first-order valence-corrected chi connectivity index (χ1v) is 11.0. The summed E-state index contributed by atoms with van der Waals surface area (Å²) in [6.07, 6.45) is 4.85. The predicted octanol–water partition coefficient (Wildman–Crippen LogP) is 6.75. The van der Waals surface area contributed by atoms with E-state index >= 15 is 0 Å². The van der Waals surface area contributed by atoms with Crippen LogP contribution < -0.4 is 0 Å². The third kappa shape index (κ3) is 5.22. The van der Waals surface area contributed by atoms with Gasteiger partial charge in [-0.1, -0.05) is 59.1 Å². The van der Waals surface area contributed by atoms with Crippen molar-refractivity contribution in [2.45, 2.75) is 6.54 Å². The highest BCUT2D eigenvalue weighted by Gasteiger charge is 2.34. The van der Waals surface area contributed by atoms with Crippen molar-refractivity contribution in [1.82, 2.24) is 4.90 Å². The fourth-order valence-electron chi connectivity index (χ4n) is 2.75.